The molecule has 0 aliphatic heterocycles. The maximum absolute atomic E-state index is 4.25. The SMILES string of the molecule is c1ccc(-c2ncc[pH]2)cc1. The third-order valence-corrected chi connectivity index (χ3v) is 2.55. The van der Waals surface area contributed by atoms with Gasteiger partial charge in [-0.05, 0) is 5.80 Å². The molecule has 1 nitrogen and oxygen atoms in total. The summed E-state index contributed by atoms with van der Waals surface area (Å²) in [4.78, 5) is 4.25. The van der Waals surface area contributed by atoms with E-state index in [0.717, 1.165) is 8.19 Å². The first kappa shape index (κ1) is 6.63. The number of benzene rings is 1. The van der Waals surface area contributed by atoms with E-state index in [4.69, 9.17) is 0 Å². The lowest BCUT2D eigenvalue weighted by Gasteiger charge is -1.92. The van der Waals surface area contributed by atoms with E-state index in [9.17, 15) is 0 Å². The van der Waals surface area contributed by atoms with Crippen molar-refractivity contribution in [1.82, 2.24) is 4.98 Å². The van der Waals surface area contributed by atoms with Crippen LogP contribution in [-0.2, 0) is 0 Å². The molecule has 0 bridgehead atoms. The first-order valence-corrected chi connectivity index (χ1v) is 4.59. The van der Waals surface area contributed by atoms with Gasteiger partial charge in [-0.15, -0.1) is 8.19 Å². The van der Waals surface area contributed by atoms with Gasteiger partial charge in [-0.3, -0.25) is 4.98 Å². The zero-order valence-electron chi connectivity index (χ0n) is 5.99. The highest BCUT2D eigenvalue weighted by molar-refractivity contribution is 7.32. The van der Waals surface area contributed by atoms with Crippen LogP contribution in [0.3, 0.4) is 0 Å². The van der Waals surface area contributed by atoms with Crippen molar-refractivity contribution in [2.24, 2.45) is 0 Å². The number of nitrogens with zero attached hydrogens (tertiary/aromatic N) is 1. The average molecular weight is 161 g/mol. The van der Waals surface area contributed by atoms with E-state index < -0.39 is 0 Å². The molecule has 2 rings (SSSR count). The molecule has 1 unspecified atom stereocenters. The van der Waals surface area contributed by atoms with Crippen molar-refractivity contribution in [3.05, 3.63) is 42.3 Å². The van der Waals surface area contributed by atoms with Crippen molar-refractivity contribution in [1.29, 1.82) is 0 Å². The van der Waals surface area contributed by atoms with Crippen LogP contribution < -0.4 is 0 Å². The van der Waals surface area contributed by atoms with Crippen LogP contribution in [0.2, 0.25) is 0 Å². The molecule has 2 aromatic rings. The number of rotatable bonds is 1. The Kier molecular flexibility index (Phi) is 1.74. The van der Waals surface area contributed by atoms with Gasteiger partial charge in [-0.1, -0.05) is 30.3 Å². The number of hydrogen-bond acceptors (Lipinski definition) is 1. The molecule has 0 aliphatic rings. The Morgan fingerprint density at radius 2 is 1.91 bits per heavy atom. The van der Waals surface area contributed by atoms with Gasteiger partial charge in [0, 0.05) is 11.8 Å². The maximum Gasteiger partial charge on any atom is 0.0858 e. The Labute approximate surface area is 67.2 Å². The van der Waals surface area contributed by atoms with Crippen LogP contribution in [0.5, 0.6) is 0 Å². The van der Waals surface area contributed by atoms with E-state index in [1.165, 1.54) is 11.0 Å². The third-order valence-electron chi connectivity index (χ3n) is 1.55. The zero-order chi connectivity index (χ0) is 7.52. The predicted molar refractivity (Wildman–Crippen MR) is 49.2 cm³/mol. The minimum Gasteiger partial charge on any atom is -0.252 e. The molecule has 0 saturated carbocycles. The molecule has 0 aliphatic carbocycles. The van der Waals surface area contributed by atoms with E-state index in [2.05, 4.69) is 22.9 Å². The number of hydrogen-bond donors (Lipinski definition) is 0. The van der Waals surface area contributed by atoms with Crippen LogP contribution in [-0.4, -0.2) is 4.98 Å². The topological polar surface area (TPSA) is 12.9 Å². The second kappa shape index (κ2) is 2.89. The monoisotopic (exact) mass is 161 g/mol. The molecule has 1 atom stereocenters. The highest BCUT2D eigenvalue weighted by Crippen LogP contribution is 2.24. The molecule has 0 amide bonds. The molecule has 0 spiro atoms. The zero-order valence-corrected chi connectivity index (χ0v) is 6.99. The van der Waals surface area contributed by atoms with Gasteiger partial charge in [0.25, 0.3) is 0 Å². The van der Waals surface area contributed by atoms with Gasteiger partial charge in [-0.2, -0.15) is 0 Å². The van der Waals surface area contributed by atoms with Gasteiger partial charge < -0.3 is 0 Å². The highest BCUT2D eigenvalue weighted by atomic mass is 31.0. The smallest absolute Gasteiger partial charge is 0.0858 e. The van der Waals surface area contributed by atoms with Crippen LogP contribution >= 0.6 is 8.19 Å². The molecule has 0 fully saturated rings. The van der Waals surface area contributed by atoms with Gasteiger partial charge >= 0.3 is 0 Å². The highest BCUT2D eigenvalue weighted by Gasteiger charge is 1.94. The molecular weight excluding hydrogens is 153 g/mol. The van der Waals surface area contributed by atoms with E-state index >= 15 is 0 Å². The molecule has 1 heterocycles. The Morgan fingerprint density at radius 1 is 1.09 bits per heavy atom. The molecule has 0 saturated heterocycles. The second-order valence-electron chi connectivity index (χ2n) is 2.30. The Morgan fingerprint density at radius 3 is 2.55 bits per heavy atom. The summed E-state index contributed by atoms with van der Waals surface area (Å²) in [6.07, 6.45) is 1.88. The van der Waals surface area contributed by atoms with Crippen molar-refractivity contribution in [3.63, 3.8) is 0 Å². The summed E-state index contributed by atoms with van der Waals surface area (Å²) in [5.74, 6) is 2.10. The van der Waals surface area contributed by atoms with Gasteiger partial charge in [0.2, 0.25) is 0 Å². The van der Waals surface area contributed by atoms with E-state index in [1.807, 2.05) is 24.4 Å². The molecule has 11 heavy (non-hydrogen) atoms. The quantitative estimate of drug-likeness (QED) is 0.626. The van der Waals surface area contributed by atoms with Crippen molar-refractivity contribution in [2.75, 3.05) is 0 Å². The van der Waals surface area contributed by atoms with Crippen molar-refractivity contribution in [2.45, 2.75) is 0 Å². The van der Waals surface area contributed by atoms with Crippen molar-refractivity contribution < 1.29 is 0 Å². The lowest BCUT2D eigenvalue weighted by atomic mass is 10.2. The predicted octanol–water partition coefficient (Wildman–Crippen LogP) is 2.78. The summed E-state index contributed by atoms with van der Waals surface area (Å²) < 4.78 is 0. The summed E-state index contributed by atoms with van der Waals surface area (Å²) in [6.45, 7) is 0. The fourth-order valence-electron chi connectivity index (χ4n) is 1.02. The van der Waals surface area contributed by atoms with Gasteiger partial charge in [0.1, 0.15) is 0 Å². The molecule has 1 aromatic carbocycles. The molecule has 54 valence electrons. The standard InChI is InChI=1S/C9H8NP/c1-2-4-8(5-3-1)9-10-6-7-11-9/h1-7,11H. The molecular formula is C9H8NP. The van der Waals surface area contributed by atoms with E-state index in [0.29, 0.717) is 0 Å². The lowest BCUT2D eigenvalue weighted by molar-refractivity contribution is 1.41. The maximum atomic E-state index is 4.25. The first-order valence-electron chi connectivity index (χ1n) is 3.51. The molecule has 0 radical (unpaired) electrons. The first-order chi connectivity index (χ1) is 5.47. The van der Waals surface area contributed by atoms with Gasteiger partial charge in [0.05, 0.1) is 5.43 Å². The summed E-state index contributed by atoms with van der Waals surface area (Å²) in [7, 11) is 0.747. The Bertz CT molecular complexity index is 313. The van der Waals surface area contributed by atoms with Crippen molar-refractivity contribution >= 4 is 8.19 Å². The summed E-state index contributed by atoms with van der Waals surface area (Å²) in [5, 5.41) is 0. The largest absolute Gasteiger partial charge is 0.252 e. The lowest BCUT2D eigenvalue weighted by Crippen LogP contribution is -1.70. The van der Waals surface area contributed by atoms with E-state index in [-0.39, 0.29) is 0 Å². The molecule has 0 N–H and O–H groups in total. The minimum atomic E-state index is 0.747. The summed E-state index contributed by atoms with van der Waals surface area (Å²) in [5.41, 5.74) is 2.45. The Hall–Kier alpha value is -1.07. The fourth-order valence-corrected chi connectivity index (χ4v) is 1.81. The third kappa shape index (κ3) is 1.33. The normalized spacial score (nSPS) is 10.5. The van der Waals surface area contributed by atoms with Gasteiger partial charge in [0.15, 0.2) is 0 Å². The van der Waals surface area contributed by atoms with Crippen LogP contribution in [0.1, 0.15) is 0 Å². The minimum absolute atomic E-state index is 0.747. The Balaban J connectivity index is 2.46. The number of aromatic nitrogens is 1. The summed E-state index contributed by atoms with van der Waals surface area (Å²) >= 11 is 0. The summed E-state index contributed by atoms with van der Waals surface area (Å²) in [6, 6.07) is 10.3. The van der Waals surface area contributed by atoms with Crippen LogP contribution in [0, 0.1) is 0 Å². The van der Waals surface area contributed by atoms with Gasteiger partial charge in [-0.25, -0.2) is 0 Å². The average Bonchev–Trinajstić information content (AvgIpc) is 2.58. The van der Waals surface area contributed by atoms with Crippen molar-refractivity contribution in [3.8, 4) is 11.0 Å². The van der Waals surface area contributed by atoms with Crippen LogP contribution in [0.15, 0.2) is 42.3 Å². The van der Waals surface area contributed by atoms with Crippen LogP contribution in [0.25, 0.3) is 11.0 Å². The molecule has 1 aromatic heterocycles. The second-order valence-corrected chi connectivity index (χ2v) is 3.40. The molecule has 2 heteroatoms. The van der Waals surface area contributed by atoms with Crippen LogP contribution in [0.4, 0.5) is 0 Å². The fraction of sp³-hybridized carbons (Fsp3) is 0. The van der Waals surface area contributed by atoms with E-state index in [1.54, 1.807) is 0 Å².